The van der Waals surface area contributed by atoms with E-state index in [1.165, 1.54) is 25.3 Å². The van der Waals surface area contributed by atoms with Crippen molar-refractivity contribution in [3.8, 4) is 0 Å². The standard InChI is InChI=1S/C10H16O/c1-2-3-4-5-6-7-8-9-10-11/h6-7,9H,2-5,8H2,1H3/b7-6+. The molecule has 0 aromatic rings. The second-order valence-corrected chi connectivity index (χ2v) is 2.52. The molecule has 11 heavy (non-hydrogen) atoms. The van der Waals surface area contributed by atoms with E-state index in [1.54, 1.807) is 5.94 Å². The molecule has 0 aliphatic heterocycles. The molecule has 0 aliphatic carbocycles. The number of rotatable bonds is 6. The number of hydrogen-bond donors (Lipinski definition) is 0. The lowest BCUT2D eigenvalue weighted by Gasteiger charge is -1.89. The molecule has 0 aliphatic rings. The third-order valence-corrected chi connectivity index (χ3v) is 1.48. The second-order valence-electron chi connectivity index (χ2n) is 2.52. The molecule has 0 saturated carbocycles. The van der Waals surface area contributed by atoms with Gasteiger partial charge in [-0.1, -0.05) is 31.9 Å². The molecule has 0 heterocycles. The van der Waals surface area contributed by atoms with Crippen LogP contribution in [0, 0.1) is 0 Å². The molecule has 0 radical (unpaired) electrons. The van der Waals surface area contributed by atoms with E-state index < -0.39 is 0 Å². The maximum absolute atomic E-state index is 9.73. The molecule has 0 fully saturated rings. The number of unbranched alkanes of at least 4 members (excludes halogenated alkanes) is 3. The van der Waals surface area contributed by atoms with E-state index in [9.17, 15) is 4.79 Å². The molecule has 0 bridgehead atoms. The molecule has 0 saturated heterocycles. The van der Waals surface area contributed by atoms with Crippen LogP contribution in [0.5, 0.6) is 0 Å². The van der Waals surface area contributed by atoms with E-state index in [4.69, 9.17) is 0 Å². The molecular formula is C10H16O. The third kappa shape index (κ3) is 9.19. The minimum absolute atomic E-state index is 0.732. The normalized spacial score (nSPS) is 9.91. The Balaban J connectivity index is 3.09. The summed E-state index contributed by atoms with van der Waals surface area (Å²) in [5, 5.41) is 0. The molecule has 0 aromatic carbocycles. The molecule has 0 amide bonds. The Morgan fingerprint density at radius 2 is 2.09 bits per heavy atom. The van der Waals surface area contributed by atoms with Crippen LogP contribution in [0.25, 0.3) is 0 Å². The molecule has 0 aromatic heterocycles. The number of hydrogen-bond acceptors (Lipinski definition) is 1. The average molecular weight is 152 g/mol. The minimum Gasteiger partial charge on any atom is -0.234 e. The highest BCUT2D eigenvalue weighted by Crippen LogP contribution is 1.99. The van der Waals surface area contributed by atoms with Crippen molar-refractivity contribution in [2.24, 2.45) is 0 Å². The van der Waals surface area contributed by atoms with Gasteiger partial charge in [0.15, 0.2) is 0 Å². The summed E-state index contributed by atoms with van der Waals surface area (Å²) in [5.41, 5.74) is 0. The molecule has 0 N–H and O–H groups in total. The van der Waals surface area contributed by atoms with Crippen LogP contribution in [0.4, 0.5) is 0 Å². The van der Waals surface area contributed by atoms with Gasteiger partial charge in [0, 0.05) is 6.08 Å². The van der Waals surface area contributed by atoms with Crippen molar-refractivity contribution in [3.05, 3.63) is 18.2 Å². The Kier molecular flexibility index (Phi) is 8.51. The van der Waals surface area contributed by atoms with E-state index in [2.05, 4.69) is 13.0 Å². The second kappa shape index (κ2) is 9.19. The topological polar surface area (TPSA) is 17.1 Å². The summed E-state index contributed by atoms with van der Waals surface area (Å²) in [4.78, 5) is 9.73. The Labute approximate surface area is 68.8 Å². The minimum atomic E-state index is 0.732. The van der Waals surface area contributed by atoms with Gasteiger partial charge in [0.05, 0.1) is 0 Å². The van der Waals surface area contributed by atoms with Crippen LogP contribution < -0.4 is 0 Å². The van der Waals surface area contributed by atoms with Crippen molar-refractivity contribution in [1.82, 2.24) is 0 Å². The lowest BCUT2D eigenvalue weighted by molar-refractivity contribution is 0.568. The maximum Gasteiger partial charge on any atom is 0.120 e. The van der Waals surface area contributed by atoms with E-state index in [1.807, 2.05) is 6.08 Å². The van der Waals surface area contributed by atoms with Crippen LogP contribution in [0.3, 0.4) is 0 Å². The summed E-state index contributed by atoms with van der Waals surface area (Å²) in [6.07, 6.45) is 11.3. The van der Waals surface area contributed by atoms with Crippen LogP contribution in [0.2, 0.25) is 0 Å². The summed E-state index contributed by atoms with van der Waals surface area (Å²) in [6, 6.07) is 0. The van der Waals surface area contributed by atoms with Crippen molar-refractivity contribution in [2.45, 2.75) is 39.0 Å². The fourth-order valence-corrected chi connectivity index (χ4v) is 0.842. The summed E-state index contributed by atoms with van der Waals surface area (Å²) in [5.74, 6) is 1.74. The van der Waals surface area contributed by atoms with Gasteiger partial charge in [0.2, 0.25) is 0 Å². The Bertz CT molecular complexity index is 141. The van der Waals surface area contributed by atoms with Crippen LogP contribution >= 0.6 is 0 Å². The monoisotopic (exact) mass is 152 g/mol. The molecule has 0 unspecified atom stereocenters. The van der Waals surface area contributed by atoms with Gasteiger partial charge < -0.3 is 0 Å². The van der Waals surface area contributed by atoms with Gasteiger partial charge in [0.25, 0.3) is 0 Å². The van der Waals surface area contributed by atoms with Gasteiger partial charge in [-0.25, -0.2) is 4.79 Å². The summed E-state index contributed by atoms with van der Waals surface area (Å²) < 4.78 is 0. The quantitative estimate of drug-likeness (QED) is 0.325. The zero-order valence-corrected chi connectivity index (χ0v) is 7.18. The lowest BCUT2D eigenvalue weighted by Crippen LogP contribution is -1.70. The summed E-state index contributed by atoms with van der Waals surface area (Å²) in [7, 11) is 0. The Morgan fingerprint density at radius 3 is 2.73 bits per heavy atom. The zero-order valence-electron chi connectivity index (χ0n) is 7.18. The molecule has 1 heteroatoms. The highest BCUT2D eigenvalue weighted by molar-refractivity contribution is 5.45. The predicted octanol–water partition coefficient (Wildman–Crippen LogP) is 2.90. The highest BCUT2D eigenvalue weighted by Gasteiger charge is 1.80. The highest BCUT2D eigenvalue weighted by atomic mass is 16.1. The first-order valence-corrected chi connectivity index (χ1v) is 4.26. The van der Waals surface area contributed by atoms with Crippen LogP contribution in [0.1, 0.15) is 39.0 Å². The van der Waals surface area contributed by atoms with Crippen LogP contribution in [-0.4, -0.2) is 5.94 Å². The van der Waals surface area contributed by atoms with Gasteiger partial charge in [0.1, 0.15) is 5.94 Å². The van der Waals surface area contributed by atoms with E-state index >= 15 is 0 Å². The number of allylic oxidation sites excluding steroid dienone is 3. The van der Waals surface area contributed by atoms with Gasteiger partial charge in [-0.2, -0.15) is 0 Å². The maximum atomic E-state index is 9.73. The van der Waals surface area contributed by atoms with E-state index in [0.717, 1.165) is 12.8 Å². The first kappa shape index (κ1) is 10.2. The summed E-state index contributed by atoms with van der Waals surface area (Å²) >= 11 is 0. The van der Waals surface area contributed by atoms with Gasteiger partial charge in [-0.3, -0.25) is 0 Å². The van der Waals surface area contributed by atoms with Crippen LogP contribution in [-0.2, 0) is 4.79 Å². The fourth-order valence-electron chi connectivity index (χ4n) is 0.842. The Hall–Kier alpha value is -0.810. The molecule has 1 nitrogen and oxygen atoms in total. The fraction of sp³-hybridized carbons (Fsp3) is 0.600. The predicted molar refractivity (Wildman–Crippen MR) is 48.2 cm³/mol. The molecular weight excluding hydrogens is 136 g/mol. The van der Waals surface area contributed by atoms with Gasteiger partial charge >= 0.3 is 0 Å². The molecule has 0 atom stereocenters. The average Bonchev–Trinajstić information content (AvgIpc) is 2.03. The zero-order chi connectivity index (χ0) is 8.36. The molecule has 62 valence electrons. The van der Waals surface area contributed by atoms with Crippen molar-refractivity contribution < 1.29 is 4.79 Å². The number of carbonyl (C=O) groups excluding carboxylic acids is 1. The van der Waals surface area contributed by atoms with Crippen LogP contribution in [0.15, 0.2) is 18.2 Å². The lowest BCUT2D eigenvalue weighted by atomic mass is 10.2. The van der Waals surface area contributed by atoms with Crippen molar-refractivity contribution >= 4 is 5.94 Å². The first-order valence-electron chi connectivity index (χ1n) is 4.26. The van der Waals surface area contributed by atoms with Crippen molar-refractivity contribution in [3.63, 3.8) is 0 Å². The Morgan fingerprint density at radius 1 is 1.27 bits per heavy atom. The molecule has 0 spiro atoms. The van der Waals surface area contributed by atoms with Gasteiger partial charge in [-0.15, -0.1) is 0 Å². The smallest absolute Gasteiger partial charge is 0.120 e. The van der Waals surface area contributed by atoms with E-state index in [-0.39, 0.29) is 0 Å². The molecule has 0 rings (SSSR count). The van der Waals surface area contributed by atoms with Gasteiger partial charge in [-0.05, 0) is 19.3 Å². The summed E-state index contributed by atoms with van der Waals surface area (Å²) in [6.45, 7) is 2.19. The largest absolute Gasteiger partial charge is 0.234 e. The third-order valence-electron chi connectivity index (χ3n) is 1.48. The van der Waals surface area contributed by atoms with Crippen molar-refractivity contribution in [1.29, 1.82) is 0 Å². The van der Waals surface area contributed by atoms with Crippen molar-refractivity contribution in [2.75, 3.05) is 0 Å². The van der Waals surface area contributed by atoms with E-state index in [0.29, 0.717) is 0 Å². The SMILES string of the molecule is CCCCC/C=C/CC=C=O. The first-order chi connectivity index (χ1) is 5.41.